The van der Waals surface area contributed by atoms with Gasteiger partial charge in [0, 0.05) is 18.7 Å². The van der Waals surface area contributed by atoms with Gasteiger partial charge in [-0.15, -0.1) is 0 Å². The van der Waals surface area contributed by atoms with E-state index in [4.69, 9.17) is 17.3 Å². The molecule has 1 unspecified atom stereocenters. The second kappa shape index (κ2) is 4.73. The van der Waals surface area contributed by atoms with Crippen LogP contribution in [0.5, 0.6) is 0 Å². The van der Waals surface area contributed by atoms with Crippen molar-refractivity contribution in [2.45, 2.75) is 25.6 Å². The van der Waals surface area contributed by atoms with E-state index in [0.29, 0.717) is 16.4 Å². The summed E-state index contributed by atoms with van der Waals surface area (Å²) in [6, 6.07) is -0.374. The highest BCUT2D eigenvalue weighted by Gasteiger charge is 2.20. The van der Waals surface area contributed by atoms with Crippen LogP contribution in [-0.2, 0) is 22.6 Å². The van der Waals surface area contributed by atoms with Gasteiger partial charge in [-0.05, 0) is 13.8 Å². The SMILES string of the molecule is Cc1nn(C)c(Cl)c1CS(=O)(=O)CC(C)N. The van der Waals surface area contributed by atoms with Crippen molar-refractivity contribution in [3.05, 3.63) is 16.4 Å². The Hall–Kier alpha value is -0.590. The van der Waals surface area contributed by atoms with Gasteiger partial charge >= 0.3 is 0 Å². The molecule has 1 aromatic heterocycles. The van der Waals surface area contributed by atoms with Crippen LogP contribution >= 0.6 is 11.6 Å². The van der Waals surface area contributed by atoms with Crippen molar-refractivity contribution in [3.8, 4) is 0 Å². The van der Waals surface area contributed by atoms with Crippen molar-refractivity contribution in [1.82, 2.24) is 9.78 Å². The highest BCUT2D eigenvalue weighted by Crippen LogP contribution is 2.21. The number of nitrogens with two attached hydrogens (primary N) is 1. The van der Waals surface area contributed by atoms with Crippen LogP contribution in [0.4, 0.5) is 0 Å². The summed E-state index contributed by atoms with van der Waals surface area (Å²) in [6.07, 6.45) is 0. The second-order valence-electron chi connectivity index (χ2n) is 4.01. The lowest BCUT2D eigenvalue weighted by molar-refractivity contribution is 0.589. The molecule has 0 radical (unpaired) electrons. The molecule has 0 aromatic carbocycles. The number of nitrogens with zero attached hydrogens (tertiary/aromatic N) is 2. The Kier molecular flexibility index (Phi) is 3.98. The summed E-state index contributed by atoms with van der Waals surface area (Å²) in [7, 11) is -1.55. The maximum absolute atomic E-state index is 11.7. The summed E-state index contributed by atoms with van der Waals surface area (Å²) in [5.41, 5.74) is 6.68. The van der Waals surface area contributed by atoms with Crippen LogP contribution < -0.4 is 5.73 Å². The molecular formula is C9H16ClN3O2S. The Labute approximate surface area is 100 Å². The van der Waals surface area contributed by atoms with Crippen LogP contribution in [0.15, 0.2) is 0 Å². The first-order valence-electron chi connectivity index (χ1n) is 4.87. The van der Waals surface area contributed by atoms with E-state index >= 15 is 0 Å². The Morgan fingerprint density at radius 3 is 2.50 bits per heavy atom. The van der Waals surface area contributed by atoms with Crippen LogP contribution in [0.2, 0.25) is 5.15 Å². The van der Waals surface area contributed by atoms with Gasteiger partial charge < -0.3 is 5.73 Å². The Morgan fingerprint density at radius 2 is 2.12 bits per heavy atom. The molecule has 2 N–H and O–H groups in total. The van der Waals surface area contributed by atoms with E-state index in [1.807, 2.05) is 0 Å². The minimum atomic E-state index is -3.23. The van der Waals surface area contributed by atoms with E-state index in [1.54, 1.807) is 20.9 Å². The van der Waals surface area contributed by atoms with Crippen LogP contribution in [0.3, 0.4) is 0 Å². The van der Waals surface area contributed by atoms with Gasteiger partial charge in [-0.1, -0.05) is 11.6 Å². The van der Waals surface area contributed by atoms with E-state index in [2.05, 4.69) is 5.10 Å². The van der Waals surface area contributed by atoms with Crippen molar-refractivity contribution in [2.75, 3.05) is 5.75 Å². The number of rotatable bonds is 4. The molecule has 16 heavy (non-hydrogen) atoms. The average molecular weight is 266 g/mol. The average Bonchev–Trinajstić information content (AvgIpc) is 2.29. The van der Waals surface area contributed by atoms with Gasteiger partial charge in [0.25, 0.3) is 0 Å². The second-order valence-corrected chi connectivity index (χ2v) is 6.48. The molecule has 0 spiro atoms. The van der Waals surface area contributed by atoms with Gasteiger partial charge in [0.15, 0.2) is 9.84 Å². The Balaban J connectivity index is 2.97. The zero-order valence-corrected chi connectivity index (χ0v) is 11.1. The zero-order valence-electron chi connectivity index (χ0n) is 9.57. The molecule has 0 amide bonds. The first kappa shape index (κ1) is 13.5. The van der Waals surface area contributed by atoms with Crippen LogP contribution in [0.25, 0.3) is 0 Å². The number of hydrogen-bond donors (Lipinski definition) is 1. The summed E-state index contributed by atoms with van der Waals surface area (Å²) in [5.74, 6) is -0.148. The molecule has 0 saturated heterocycles. The standard InChI is InChI=1S/C9H16ClN3O2S/c1-6(11)4-16(14,15)5-8-7(2)12-13(3)9(8)10/h6H,4-5,11H2,1-3H3. The van der Waals surface area contributed by atoms with E-state index in [1.165, 1.54) is 4.68 Å². The molecular weight excluding hydrogens is 250 g/mol. The Bertz CT molecular complexity index is 479. The third kappa shape index (κ3) is 3.20. The van der Waals surface area contributed by atoms with Gasteiger partial charge in [-0.3, -0.25) is 4.68 Å². The minimum absolute atomic E-state index is 0.0440. The summed E-state index contributed by atoms with van der Waals surface area (Å²) in [6.45, 7) is 3.40. The molecule has 0 aliphatic rings. The Morgan fingerprint density at radius 1 is 1.56 bits per heavy atom. The lowest BCUT2D eigenvalue weighted by Crippen LogP contribution is -2.27. The predicted molar refractivity (Wildman–Crippen MR) is 64.1 cm³/mol. The molecule has 92 valence electrons. The molecule has 0 saturated carbocycles. The maximum atomic E-state index is 11.7. The molecule has 7 heteroatoms. The van der Waals surface area contributed by atoms with Gasteiger partial charge in [0.05, 0.1) is 17.2 Å². The normalized spacial score (nSPS) is 14.1. The summed E-state index contributed by atoms with van der Waals surface area (Å²) < 4.78 is 25.0. The third-order valence-electron chi connectivity index (χ3n) is 2.15. The molecule has 1 heterocycles. The van der Waals surface area contributed by atoms with Crippen molar-refractivity contribution in [2.24, 2.45) is 12.8 Å². The first-order valence-corrected chi connectivity index (χ1v) is 7.07. The van der Waals surface area contributed by atoms with Crippen LogP contribution in [-0.4, -0.2) is 30.0 Å². The molecule has 5 nitrogen and oxygen atoms in total. The zero-order chi connectivity index (χ0) is 12.5. The lowest BCUT2D eigenvalue weighted by Gasteiger charge is -2.06. The minimum Gasteiger partial charge on any atom is -0.327 e. The number of aryl methyl sites for hydroxylation is 2. The first-order chi connectivity index (χ1) is 7.23. The molecule has 0 aliphatic heterocycles. The van der Waals surface area contributed by atoms with Crippen LogP contribution in [0, 0.1) is 6.92 Å². The van der Waals surface area contributed by atoms with Gasteiger partial charge in [0.2, 0.25) is 0 Å². The summed E-state index contributed by atoms with van der Waals surface area (Å²) >= 11 is 5.96. The number of halogens is 1. The molecule has 1 rings (SSSR count). The van der Waals surface area contributed by atoms with Gasteiger partial charge in [-0.2, -0.15) is 5.10 Å². The van der Waals surface area contributed by atoms with Crippen LogP contribution in [0.1, 0.15) is 18.2 Å². The molecule has 0 bridgehead atoms. The molecule has 0 aliphatic carbocycles. The fourth-order valence-corrected chi connectivity index (χ4v) is 3.54. The fourth-order valence-electron chi connectivity index (χ4n) is 1.52. The fraction of sp³-hybridized carbons (Fsp3) is 0.667. The lowest BCUT2D eigenvalue weighted by atomic mass is 10.3. The van der Waals surface area contributed by atoms with Crippen molar-refractivity contribution >= 4 is 21.4 Å². The number of aromatic nitrogens is 2. The monoisotopic (exact) mass is 265 g/mol. The maximum Gasteiger partial charge on any atom is 0.156 e. The highest BCUT2D eigenvalue weighted by atomic mass is 35.5. The van der Waals surface area contributed by atoms with Crippen molar-refractivity contribution < 1.29 is 8.42 Å². The highest BCUT2D eigenvalue weighted by molar-refractivity contribution is 7.90. The van der Waals surface area contributed by atoms with E-state index < -0.39 is 9.84 Å². The van der Waals surface area contributed by atoms with E-state index in [9.17, 15) is 8.42 Å². The van der Waals surface area contributed by atoms with E-state index in [0.717, 1.165) is 0 Å². The topological polar surface area (TPSA) is 78.0 Å². The predicted octanol–water partition coefficient (Wildman–Crippen LogP) is 0.644. The molecule has 1 aromatic rings. The number of hydrogen-bond acceptors (Lipinski definition) is 4. The van der Waals surface area contributed by atoms with E-state index in [-0.39, 0.29) is 17.5 Å². The van der Waals surface area contributed by atoms with Gasteiger partial charge in [-0.25, -0.2) is 8.42 Å². The molecule has 0 fully saturated rings. The van der Waals surface area contributed by atoms with Crippen molar-refractivity contribution in [1.29, 1.82) is 0 Å². The number of sulfone groups is 1. The quantitative estimate of drug-likeness (QED) is 0.867. The smallest absolute Gasteiger partial charge is 0.156 e. The summed E-state index contributed by atoms with van der Waals surface area (Å²) in [5, 5.41) is 4.43. The van der Waals surface area contributed by atoms with Crippen molar-refractivity contribution in [3.63, 3.8) is 0 Å². The largest absolute Gasteiger partial charge is 0.327 e. The molecule has 1 atom stereocenters. The van der Waals surface area contributed by atoms with Gasteiger partial charge in [0.1, 0.15) is 5.15 Å². The summed E-state index contributed by atoms with van der Waals surface area (Å²) in [4.78, 5) is 0. The third-order valence-corrected chi connectivity index (χ3v) is 4.39.